The summed E-state index contributed by atoms with van der Waals surface area (Å²) >= 11 is 0. The number of aryl methyl sites for hydroxylation is 1. The highest BCUT2D eigenvalue weighted by atomic mass is 15.2. The van der Waals surface area contributed by atoms with Gasteiger partial charge in [-0.25, -0.2) is 0 Å². The second-order valence-corrected chi connectivity index (χ2v) is 5.63. The summed E-state index contributed by atoms with van der Waals surface area (Å²) in [6.45, 7) is 5.95. The molecule has 20 heavy (non-hydrogen) atoms. The van der Waals surface area contributed by atoms with Gasteiger partial charge >= 0.3 is 0 Å². The summed E-state index contributed by atoms with van der Waals surface area (Å²) in [5.41, 5.74) is 2.76. The molecule has 1 aromatic carbocycles. The molecule has 0 spiro atoms. The second kappa shape index (κ2) is 5.38. The summed E-state index contributed by atoms with van der Waals surface area (Å²) in [5.74, 6) is 0. The van der Waals surface area contributed by atoms with Gasteiger partial charge in [-0.2, -0.15) is 10.4 Å². The monoisotopic (exact) mass is 268 g/mol. The van der Waals surface area contributed by atoms with Gasteiger partial charge in [0, 0.05) is 24.5 Å². The summed E-state index contributed by atoms with van der Waals surface area (Å²) in [5, 5.41) is 16.7. The van der Waals surface area contributed by atoms with Crippen molar-refractivity contribution in [3.8, 4) is 6.07 Å². The van der Waals surface area contributed by atoms with E-state index in [4.69, 9.17) is 5.26 Å². The van der Waals surface area contributed by atoms with Crippen LogP contribution in [-0.2, 0) is 12.5 Å². The van der Waals surface area contributed by atoms with Gasteiger partial charge in [0.2, 0.25) is 0 Å². The minimum atomic E-state index is -0.451. The Hall–Kier alpha value is -2.28. The summed E-state index contributed by atoms with van der Waals surface area (Å²) in [6, 6.07) is 10.5. The van der Waals surface area contributed by atoms with Gasteiger partial charge in [0.25, 0.3) is 0 Å². The highest BCUT2D eigenvalue weighted by Crippen LogP contribution is 2.25. The maximum Gasteiger partial charge on any atom is 0.0766 e. The third-order valence-electron chi connectivity index (χ3n) is 3.49. The van der Waals surface area contributed by atoms with E-state index in [2.05, 4.69) is 23.4 Å². The quantitative estimate of drug-likeness (QED) is 0.924. The molecule has 0 saturated carbocycles. The molecule has 0 fully saturated rings. The highest BCUT2D eigenvalue weighted by molar-refractivity contribution is 5.48. The second-order valence-electron chi connectivity index (χ2n) is 5.63. The summed E-state index contributed by atoms with van der Waals surface area (Å²) in [6.07, 6.45) is 3.87. The normalized spacial score (nSPS) is 12.8. The molecular formula is C16H20N4. The van der Waals surface area contributed by atoms with Gasteiger partial charge in [-0.3, -0.25) is 4.68 Å². The van der Waals surface area contributed by atoms with Crippen LogP contribution in [0.25, 0.3) is 0 Å². The molecule has 2 aromatic rings. The van der Waals surface area contributed by atoms with Crippen molar-refractivity contribution < 1.29 is 0 Å². The third-order valence-corrected chi connectivity index (χ3v) is 3.49. The van der Waals surface area contributed by atoms with Gasteiger partial charge in [-0.15, -0.1) is 0 Å². The lowest BCUT2D eigenvalue weighted by Gasteiger charge is -2.18. The summed E-state index contributed by atoms with van der Waals surface area (Å²) in [7, 11) is 1.91. The molecule has 0 amide bonds. The SMILES string of the molecule is CC(Nc1ccc(C(C)(C)C#N)cc1)c1cnn(C)c1. The number of nitrogens with zero attached hydrogens (tertiary/aromatic N) is 3. The number of anilines is 1. The highest BCUT2D eigenvalue weighted by Gasteiger charge is 2.19. The zero-order valence-corrected chi connectivity index (χ0v) is 12.4. The van der Waals surface area contributed by atoms with Crippen LogP contribution >= 0.6 is 0 Å². The Kier molecular flexibility index (Phi) is 3.80. The number of hydrogen-bond donors (Lipinski definition) is 1. The molecule has 4 heteroatoms. The molecule has 0 aliphatic carbocycles. The lowest BCUT2D eigenvalue weighted by Crippen LogP contribution is -2.13. The molecule has 0 radical (unpaired) electrons. The van der Waals surface area contributed by atoms with Crippen LogP contribution in [-0.4, -0.2) is 9.78 Å². The lowest BCUT2D eigenvalue weighted by atomic mass is 9.86. The average molecular weight is 268 g/mol. The number of hydrogen-bond acceptors (Lipinski definition) is 3. The van der Waals surface area contributed by atoms with Crippen molar-refractivity contribution in [2.45, 2.75) is 32.2 Å². The van der Waals surface area contributed by atoms with Gasteiger partial charge in [0.1, 0.15) is 0 Å². The van der Waals surface area contributed by atoms with Crippen LogP contribution in [0.2, 0.25) is 0 Å². The summed E-state index contributed by atoms with van der Waals surface area (Å²) in [4.78, 5) is 0. The molecule has 0 bridgehead atoms. The number of nitriles is 1. The predicted octanol–water partition coefficient (Wildman–Crippen LogP) is 3.39. The molecule has 0 aliphatic rings. The fourth-order valence-corrected chi connectivity index (χ4v) is 2.04. The van der Waals surface area contributed by atoms with Gasteiger partial charge in [-0.1, -0.05) is 12.1 Å². The van der Waals surface area contributed by atoms with Crippen molar-refractivity contribution in [1.82, 2.24) is 9.78 Å². The third kappa shape index (κ3) is 3.00. The zero-order chi connectivity index (χ0) is 14.8. The van der Waals surface area contributed by atoms with E-state index in [1.165, 1.54) is 0 Å². The number of nitrogens with one attached hydrogen (secondary N) is 1. The molecule has 1 N–H and O–H groups in total. The number of rotatable bonds is 4. The zero-order valence-electron chi connectivity index (χ0n) is 12.4. The van der Waals surface area contributed by atoms with Gasteiger partial charge in [0.15, 0.2) is 0 Å². The first-order valence-electron chi connectivity index (χ1n) is 6.69. The van der Waals surface area contributed by atoms with E-state index in [1.54, 1.807) is 4.68 Å². The molecule has 1 atom stereocenters. The molecule has 0 aliphatic heterocycles. The molecule has 1 unspecified atom stereocenters. The summed E-state index contributed by atoms with van der Waals surface area (Å²) < 4.78 is 1.80. The van der Waals surface area contributed by atoms with E-state index in [1.807, 2.05) is 57.6 Å². The lowest BCUT2D eigenvalue weighted by molar-refractivity contribution is 0.687. The number of benzene rings is 1. The molecule has 4 nitrogen and oxygen atoms in total. The smallest absolute Gasteiger partial charge is 0.0766 e. The Balaban J connectivity index is 2.10. The Labute approximate surface area is 120 Å². The van der Waals surface area contributed by atoms with E-state index < -0.39 is 5.41 Å². The largest absolute Gasteiger partial charge is 0.378 e. The van der Waals surface area contributed by atoms with Crippen LogP contribution in [0.15, 0.2) is 36.7 Å². The van der Waals surface area contributed by atoms with Crippen LogP contribution in [0.5, 0.6) is 0 Å². The minimum Gasteiger partial charge on any atom is -0.378 e. The van der Waals surface area contributed by atoms with Crippen molar-refractivity contribution in [2.24, 2.45) is 7.05 Å². The van der Waals surface area contributed by atoms with Gasteiger partial charge < -0.3 is 5.32 Å². The molecular weight excluding hydrogens is 248 g/mol. The van der Waals surface area contributed by atoms with E-state index in [-0.39, 0.29) is 6.04 Å². The van der Waals surface area contributed by atoms with Crippen molar-refractivity contribution in [3.05, 3.63) is 47.8 Å². The first-order valence-corrected chi connectivity index (χ1v) is 6.69. The van der Waals surface area contributed by atoms with Crippen molar-refractivity contribution >= 4 is 5.69 Å². The fourth-order valence-electron chi connectivity index (χ4n) is 2.04. The van der Waals surface area contributed by atoms with Crippen molar-refractivity contribution in [2.75, 3.05) is 5.32 Å². The standard InChI is InChI=1S/C16H20N4/c1-12(13-9-18-20(4)10-13)19-15-7-5-14(6-8-15)16(2,3)11-17/h5-10,12,19H,1-4H3. The van der Waals surface area contributed by atoms with E-state index in [0.717, 1.165) is 16.8 Å². The molecule has 104 valence electrons. The Morgan fingerprint density at radius 1 is 1.30 bits per heavy atom. The Bertz CT molecular complexity index is 617. The van der Waals surface area contributed by atoms with Crippen LogP contribution in [0.1, 0.15) is 37.9 Å². The maximum absolute atomic E-state index is 9.14. The van der Waals surface area contributed by atoms with Gasteiger partial charge in [-0.05, 0) is 38.5 Å². The van der Waals surface area contributed by atoms with Crippen LogP contribution < -0.4 is 5.32 Å². The maximum atomic E-state index is 9.14. The fraction of sp³-hybridized carbons (Fsp3) is 0.375. The average Bonchev–Trinajstić information content (AvgIpc) is 2.86. The van der Waals surface area contributed by atoms with Crippen molar-refractivity contribution in [3.63, 3.8) is 0 Å². The van der Waals surface area contributed by atoms with E-state index >= 15 is 0 Å². The molecule has 1 heterocycles. The Morgan fingerprint density at radius 2 is 1.95 bits per heavy atom. The van der Waals surface area contributed by atoms with E-state index in [9.17, 15) is 0 Å². The molecule has 0 saturated heterocycles. The molecule has 2 rings (SSSR count). The first-order chi connectivity index (χ1) is 9.42. The minimum absolute atomic E-state index is 0.193. The topological polar surface area (TPSA) is 53.6 Å². The first kappa shape index (κ1) is 14.1. The van der Waals surface area contributed by atoms with E-state index in [0.29, 0.717) is 0 Å². The van der Waals surface area contributed by atoms with Crippen molar-refractivity contribution in [1.29, 1.82) is 5.26 Å². The predicted molar refractivity (Wildman–Crippen MR) is 80.3 cm³/mol. The number of aromatic nitrogens is 2. The van der Waals surface area contributed by atoms with Crippen LogP contribution in [0, 0.1) is 11.3 Å². The van der Waals surface area contributed by atoms with Crippen LogP contribution in [0.3, 0.4) is 0 Å². The van der Waals surface area contributed by atoms with Crippen LogP contribution in [0.4, 0.5) is 5.69 Å². The Morgan fingerprint density at radius 3 is 2.45 bits per heavy atom. The molecule has 1 aromatic heterocycles. The van der Waals surface area contributed by atoms with Gasteiger partial charge in [0.05, 0.1) is 23.7 Å².